The molecule has 0 aliphatic rings. The molecule has 0 saturated heterocycles. The third-order valence-electron chi connectivity index (χ3n) is 2.43. The Balaban J connectivity index is 2.71. The summed E-state index contributed by atoms with van der Waals surface area (Å²) in [6.07, 6.45) is 3.06. The molecule has 94 valence electrons. The highest BCUT2D eigenvalue weighted by molar-refractivity contribution is 9.10. The van der Waals surface area contributed by atoms with E-state index in [1.54, 1.807) is 28.8 Å². The molecule has 0 aromatic heterocycles. The van der Waals surface area contributed by atoms with E-state index in [1.165, 1.54) is 0 Å². The highest BCUT2D eigenvalue weighted by atomic mass is 79.9. The lowest BCUT2D eigenvalue weighted by molar-refractivity contribution is 0.0796. The van der Waals surface area contributed by atoms with Crippen molar-refractivity contribution < 1.29 is 4.79 Å². The molecule has 17 heavy (non-hydrogen) atoms. The first-order chi connectivity index (χ1) is 8.06. The maximum atomic E-state index is 12.1. The van der Waals surface area contributed by atoms with Gasteiger partial charge in [0.25, 0.3) is 5.91 Å². The molecule has 1 aromatic rings. The van der Waals surface area contributed by atoms with Gasteiger partial charge in [-0.1, -0.05) is 15.9 Å². The summed E-state index contributed by atoms with van der Waals surface area (Å²) >= 11 is 5.13. The minimum absolute atomic E-state index is 0.0232. The number of hydrogen-bond donors (Lipinski definition) is 1. The summed E-state index contributed by atoms with van der Waals surface area (Å²) in [5.74, 6) is 1.04. The summed E-state index contributed by atoms with van der Waals surface area (Å²) < 4.78 is 0.868. The summed E-state index contributed by atoms with van der Waals surface area (Å²) in [4.78, 5) is 13.8. The van der Waals surface area contributed by atoms with E-state index < -0.39 is 0 Å². The van der Waals surface area contributed by atoms with E-state index in [0.717, 1.165) is 23.2 Å². The van der Waals surface area contributed by atoms with E-state index in [-0.39, 0.29) is 5.91 Å². The van der Waals surface area contributed by atoms with Crippen molar-refractivity contribution in [1.29, 1.82) is 0 Å². The highest BCUT2D eigenvalue weighted by Crippen LogP contribution is 2.19. The van der Waals surface area contributed by atoms with E-state index in [9.17, 15) is 4.79 Å². The summed E-state index contributed by atoms with van der Waals surface area (Å²) in [5.41, 5.74) is 6.89. The molecule has 0 fully saturated rings. The number of benzene rings is 1. The van der Waals surface area contributed by atoms with Crippen molar-refractivity contribution in [2.45, 2.75) is 6.42 Å². The lowest BCUT2D eigenvalue weighted by atomic mass is 10.1. The normalized spacial score (nSPS) is 10.3. The Labute approximate surface area is 115 Å². The fourth-order valence-electron chi connectivity index (χ4n) is 1.47. The van der Waals surface area contributed by atoms with E-state index in [1.807, 2.05) is 13.1 Å². The molecule has 1 rings (SSSR count). The third-order valence-corrected chi connectivity index (χ3v) is 3.62. The predicted octanol–water partition coefficient (Wildman–Crippen LogP) is 2.86. The van der Waals surface area contributed by atoms with Crippen LogP contribution in [0.2, 0.25) is 0 Å². The number of amides is 1. The standard InChI is InChI=1S/C12H17BrN2OS/c1-15(6-3-7-17-2)12(16)10-8-9(13)4-5-11(10)14/h4-5,8H,3,6-7,14H2,1-2H3. The zero-order valence-electron chi connectivity index (χ0n) is 10.1. The maximum absolute atomic E-state index is 12.1. The lowest BCUT2D eigenvalue weighted by Gasteiger charge is -2.18. The topological polar surface area (TPSA) is 46.3 Å². The Bertz CT molecular complexity index is 398. The molecule has 2 N–H and O–H groups in total. The van der Waals surface area contributed by atoms with Gasteiger partial charge >= 0.3 is 0 Å². The van der Waals surface area contributed by atoms with Crippen molar-refractivity contribution >= 4 is 39.3 Å². The Kier molecular flexibility index (Phi) is 5.85. The number of nitrogens with zero attached hydrogens (tertiary/aromatic N) is 1. The number of carbonyl (C=O) groups is 1. The number of hydrogen-bond acceptors (Lipinski definition) is 3. The first-order valence-corrected chi connectivity index (χ1v) is 7.54. The summed E-state index contributed by atoms with van der Waals surface area (Å²) in [6, 6.07) is 5.34. The highest BCUT2D eigenvalue weighted by Gasteiger charge is 2.14. The molecule has 0 aliphatic carbocycles. The molecular formula is C12H17BrN2OS. The number of carbonyl (C=O) groups excluding carboxylic acids is 1. The van der Waals surface area contributed by atoms with Crippen LogP contribution >= 0.6 is 27.7 Å². The number of halogens is 1. The largest absolute Gasteiger partial charge is 0.398 e. The molecule has 0 unspecified atom stereocenters. The van der Waals surface area contributed by atoms with Crippen molar-refractivity contribution in [3.05, 3.63) is 28.2 Å². The van der Waals surface area contributed by atoms with Crippen molar-refractivity contribution in [2.24, 2.45) is 0 Å². The molecule has 0 aliphatic heterocycles. The summed E-state index contributed by atoms with van der Waals surface area (Å²) in [6.45, 7) is 0.756. The van der Waals surface area contributed by atoms with Crippen molar-refractivity contribution in [3.63, 3.8) is 0 Å². The van der Waals surface area contributed by atoms with Gasteiger partial charge in [-0.25, -0.2) is 0 Å². The van der Waals surface area contributed by atoms with Gasteiger partial charge in [-0.3, -0.25) is 4.79 Å². The van der Waals surface area contributed by atoms with Crippen molar-refractivity contribution in [3.8, 4) is 0 Å². The van der Waals surface area contributed by atoms with Crippen LogP contribution < -0.4 is 5.73 Å². The van der Waals surface area contributed by atoms with Crippen LogP contribution in [0.3, 0.4) is 0 Å². The van der Waals surface area contributed by atoms with Gasteiger partial charge in [-0.2, -0.15) is 11.8 Å². The lowest BCUT2D eigenvalue weighted by Crippen LogP contribution is -2.28. The van der Waals surface area contributed by atoms with Crippen LogP contribution in [0, 0.1) is 0 Å². The average Bonchev–Trinajstić information content (AvgIpc) is 2.31. The average molecular weight is 317 g/mol. The molecule has 0 heterocycles. The van der Waals surface area contributed by atoms with Gasteiger partial charge in [0, 0.05) is 23.8 Å². The SMILES string of the molecule is CSCCCN(C)C(=O)c1cc(Br)ccc1N. The van der Waals surface area contributed by atoms with Crippen LogP contribution in [-0.2, 0) is 0 Å². The number of nitrogens with two attached hydrogens (primary N) is 1. The van der Waals surface area contributed by atoms with Crippen LogP contribution in [0.5, 0.6) is 0 Å². The molecule has 0 radical (unpaired) electrons. The Morgan fingerprint density at radius 3 is 2.88 bits per heavy atom. The monoisotopic (exact) mass is 316 g/mol. The molecule has 3 nitrogen and oxygen atoms in total. The molecule has 1 amide bonds. The molecule has 0 bridgehead atoms. The fourth-order valence-corrected chi connectivity index (χ4v) is 2.25. The first kappa shape index (κ1) is 14.4. The second kappa shape index (κ2) is 6.91. The van der Waals surface area contributed by atoms with Gasteiger partial charge in [0.05, 0.1) is 5.56 Å². The zero-order valence-corrected chi connectivity index (χ0v) is 12.5. The number of nitrogen functional groups attached to an aromatic ring is 1. The maximum Gasteiger partial charge on any atom is 0.255 e. The molecule has 5 heteroatoms. The van der Waals surface area contributed by atoms with Crippen LogP contribution in [-0.4, -0.2) is 36.4 Å². The van der Waals surface area contributed by atoms with Crippen LogP contribution in [0.4, 0.5) is 5.69 Å². The van der Waals surface area contributed by atoms with Gasteiger partial charge < -0.3 is 10.6 Å². The van der Waals surface area contributed by atoms with Gasteiger partial charge in [0.15, 0.2) is 0 Å². The number of thioether (sulfide) groups is 1. The first-order valence-electron chi connectivity index (χ1n) is 5.35. The van der Waals surface area contributed by atoms with Crippen molar-refractivity contribution in [1.82, 2.24) is 4.90 Å². The predicted molar refractivity (Wildman–Crippen MR) is 78.5 cm³/mol. The second-order valence-electron chi connectivity index (χ2n) is 3.80. The summed E-state index contributed by atoms with van der Waals surface area (Å²) in [5, 5.41) is 0. The van der Waals surface area contributed by atoms with Gasteiger partial charge in [-0.05, 0) is 36.6 Å². The number of rotatable bonds is 5. The number of anilines is 1. The minimum atomic E-state index is -0.0232. The fraction of sp³-hybridized carbons (Fsp3) is 0.417. The summed E-state index contributed by atoms with van der Waals surface area (Å²) in [7, 11) is 1.81. The Hall–Kier alpha value is -0.680. The van der Waals surface area contributed by atoms with Crippen molar-refractivity contribution in [2.75, 3.05) is 31.3 Å². The quantitative estimate of drug-likeness (QED) is 0.671. The minimum Gasteiger partial charge on any atom is -0.398 e. The smallest absolute Gasteiger partial charge is 0.255 e. The zero-order chi connectivity index (χ0) is 12.8. The second-order valence-corrected chi connectivity index (χ2v) is 5.71. The molecular weight excluding hydrogens is 300 g/mol. The van der Waals surface area contributed by atoms with E-state index in [2.05, 4.69) is 22.2 Å². The van der Waals surface area contributed by atoms with E-state index in [4.69, 9.17) is 5.73 Å². The Morgan fingerprint density at radius 1 is 1.53 bits per heavy atom. The van der Waals surface area contributed by atoms with Gasteiger partial charge in [0.1, 0.15) is 0 Å². The van der Waals surface area contributed by atoms with Gasteiger partial charge in [-0.15, -0.1) is 0 Å². The van der Waals surface area contributed by atoms with E-state index >= 15 is 0 Å². The molecule has 0 spiro atoms. The molecule has 0 saturated carbocycles. The third kappa shape index (κ3) is 4.24. The Morgan fingerprint density at radius 2 is 2.24 bits per heavy atom. The van der Waals surface area contributed by atoms with Gasteiger partial charge in [0.2, 0.25) is 0 Å². The molecule has 0 atom stereocenters. The van der Waals surface area contributed by atoms with Crippen LogP contribution in [0.15, 0.2) is 22.7 Å². The van der Waals surface area contributed by atoms with Crippen LogP contribution in [0.1, 0.15) is 16.8 Å². The van der Waals surface area contributed by atoms with Crippen LogP contribution in [0.25, 0.3) is 0 Å². The van der Waals surface area contributed by atoms with E-state index in [0.29, 0.717) is 11.3 Å². The molecule has 1 aromatic carbocycles.